The summed E-state index contributed by atoms with van der Waals surface area (Å²) < 4.78 is 38.7. The van der Waals surface area contributed by atoms with Gasteiger partial charge >= 0.3 is 5.97 Å². The molecule has 0 aliphatic heterocycles. The van der Waals surface area contributed by atoms with Crippen LogP contribution in [0.4, 0.5) is 0 Å². The highest BCUT2D eigenvalue weighted by molar-refractivity contribution is 7.89. The van der Waals surface area contributed by atoms with Crippen LogP contribution in [0.1, 0.15) is 29.2 Å². The lowest BCUT2D eigenvalue weighted by Crippen LogP contribution is -2.31. The van der Waals surface area contributed by atoms with Gasteiger partial charge in [-0.15, -0.1) is 11.3 Å². The molecule has 0 amide bonds. The van der Waals surface area contributed by atoms with Gasteiger partial charge in [0.25, 0.3) is 0 Å². The van der Waals surface area contributed by atoms with E-state index in [1.165, 1.54) is 41.0 Å². The van der Waals surface area contributed by atoms with Crippen LogP contribution in [0.15, 0.2) is 47.4 Å². The van der Waals surface area contributed by atoms with Gasteiger partial charge < -0.3 is 9.47 Å². The number of hydrogen-bond donors (Lipinski definition) is 0. The van der Waals surface area contributed by atoms with Gasteiger partial charge in [-0.3, -0.25) is 0 Å². The van der Waals surface area contributed by atoms with Gasteiger partial charge in [0.2, 0.25) is 10.0 Å². The molecule has 2 aromatic carbocycles. The minimum atomic E-state index is -3.79. The number of esters is 1. The number of benzene rings is 2. The fourth-order valence-corrected chi connectivity index (χ4v) is 5.42. The van der Waals surface area contributed by atoms with E-state index in [1.54, 1.807) is 13.8 Å². The molecule has 0 atom stereocenters. The molecular formula is C20H22N2O5S2. The van der Waals surface area contributed by atoms with Crippen molar-refractivity contribution in [2.75, 3.05) is 20.2 Å². The SMILES string of the molecule is CCN(CC)S(=O)(=O)c1cc(C(=O)OCc2nc3ccccc3s2)ccc1OC. The molecule has 9 heteroatoms. The highest BCUT2D eigenvalue weighted by atomic mass is 32.2. The van der Waals surface area contributed by atoms with E-state index in [9.17, 15) is 13.2 Å². The summed E-state index contributed by atoms with van der Waals surface area (Å²) >= 11 is 1.45. The molecule has 7 nitrogen and oxygen atoms in total. The van der Waals surface area contributed by atoms with Crippen molar-refractivity contribution in [1.29, 1.82) is 0 Å². The largest absolute Gasteiger partial charge is 0.495 e. The van der Waals surface area contributed by atoms with Gasteiger partial charge in [-0.25, -0.2) is 18.2 Å². The lowest BCUT2D eigenvalue weighted by Gasteiger charge is -2.20. The molecule has 0 bridgehead atoms. The molecule has 3 rings (SSSR count). The highest BCUT2D eigenvalue weighted by Crippen LogP contribution is 2.28. The number of nitrogens with zero attached hydrogens (tertiary/aromatic N) is 2. The second kappa shape index (κ2) is 8.89. The third-order valence-corrected chi connectivity index (χ3v) is 7.47. The van der Waals surface area contributed by atoms with Crippen molar-refractivity contribution < 1.29 is 22.7 Å². The van der Waals surface area contributed by atoms with Gasteiger partial charge in [0.1, 0.15) is 22.3 Å². The minimum Gasteiger partial charge on any atom is -0.495 e. The highest BCUT2D eigenvalue weighted by Gasteiger charge is 2.27. The molecule has 0 aliphatic rings. The average Bonchev–Trinajstić information content (AvgIpc) is 3.15. The van der Waals surface area contributed by atoms with E-state index in [0.29, 0.717) is 18.1 Å². The first kappa shape index (κ1) is 21.2. The minimum absolute atomic E-state index is 0.0162. The second-order valence-electron chi connectivity index (χ2n) is 6.11. The number of carbonyl (C=O) groups excluding carboxylic acids is 1. The lowest BCUT2D eigenvalue weighted by molar-refractivity contribution is 0.0472. The average molecular weight is 435 g/mol. The van der Waals surface area contributed by atoms with Crippen LogP contribution in [0.2, 0.25) is 0 Å². The first-order chi connectivity index (χ1) is 13.9. The number of sulfonamides is 1. The van der Waals surface area contributed by atoms with Crippen molar-refractivity contribution in [2.24, 2.45) is 0 Å². The molecular weight excluding hydrogens is 412 g/mol. The van der Waals surface area contributed by atoms with Crippen molar-refractivity contribution in [3.8, 4) is 5.75 Å². The van der Waals surface area contributed by atoms with E-state index >= 15 is 0 Å². The summed E-state index contributed by atoms with van der Waals surface area (Å²) in [7, 11) is -2.40. The normalized spacial score (nSPS) is 11.7. The first-order valence-corrected chi connectivity index (χ1v) is 11.4. The molecule has 29 heavy (non-hydrogen) atoms. The summed E-state index contributed by atoms with van der Waals surface area (Å²) in [5.41, 5.74) is 0.984. The Morgan fingerprint density at radius 1 is 1.14 bits per heavy atom. The molecule has 0 unspecified atom stereocenters. The zero-order valence-corrected chi connectivity index (χ0v) is 18.0. The van der Waals surface area contributed by atoms with Gasteiger partial charge in [-0.1, -0.05) is 26.0 Å². The zero-order chi connectivity index (χ0) is 21.0. The molecule has 1 heterocycles. The number of carbonyl (C=O) groups is 1. The summed E-state index contributed by atoms with van der Waals surface area (Å²) in [5.74, 6) is -0.442. The Bertz CT molecular complexity index is 1090. The van der Waals surface area contributed by atoms with Crippen molar-refractivity contribution in [1.82, 2.24) is 9.29 Å². The Kier molecular flexibility index (Phi) is 6.51. The number of aromatic nitrogens is 1. The number of thiazole rings is 1. The van der Waals surface area contributed by atoms with Crippen LogP contribution in [0.25, 0.3) is 10.2 Å². The molecule has 0 spiro atoms. The van der Waals surface area contributed by atoms with Gasteiger partial charge in [0.15, 0.2) is 0 Å². The molecule has 154 valence electrons. The maximum Gasteiger partial charge on any atom is 0.338 e. The fraction of sp³-hybridized carbons (Fsp3) is 0.300. The molecule has 0 saturated carbocycles. The number of methoxy groups -OCH3 is 1. The molecule has 0 fully saturated rings. The molecule has 1 aromatic heterocycles. The predicted octanol–water partition coefficient (Wildman–Crippen LogP) is 3.69. The van der Waals surface area contributed by atoms with Crippen molar-refractivity contribution in [3.05, 3.63) is 53.0 Å². The molecule has 0 N–H and O–H groups in total. The van der Waals surface area contributed by atoms with Crippen LogP contribution in [0, 0.1) is 0 Å². The Labute approximate surface area is 173 Å². The van der Waals surface area contributed by atoms with Crippen LogP contribution < -0.4 is 4.74 Å². The summed E-state index contributed by atoms with van der Waals surface area (Å²) in [6.45, 7) is 4.15. The van der Waals surface area contributed by atoms with E-state index in [0.717, 1.165) is 10.2 Å². The quantitative estimate of drug-likeness (QED) is 0.503. The topological polar surface area (TPSA) is 85.8 Å². The lowest BCUT2D eigenvalue weighted by atomic mass is 10.2. The predicted molar refractivity (Wildman–Crippen MR) is 112 cm³/mol. The number of hydrogen-bond acceptors (Lipinski definition) is 7. The fourth-order valence-electron chi connectivity index (χ4n) is 2.90. The van der Waals surface area contributed by atoms with Crippen LogP contribution in [-0.4, -0.2) is 43.9 Å². The Balaban J connectivity index is 1.83. The Hall–Kier alpha value is -2.49. The van der Waals surface area contributed by atoms with Gasteiger partial charge in [-0.05, 0) is 30.3 Å². The van der Waals surface area contributed by atoms with E-state index < -0.39 is 16.0 Å². The monoisotopic (exact) mass is 434 g/mol. The van der Waals surface area contributed by atoms with E-state index in [2.05, 4.69) is 4.98 Å². The zero-order valence-electron chi connectivity index (χ0n) is 16.4. The van der Waals surface area contributed by atoms with Crippen LogP contribution in [-0.2, 0) is 21.4 Å². The first-order valence-electron chi connectivity index (χ1n) is 9.10. The molecule has 0 aliphatic carbocycles. The van der Waals surface area contributed by atoms with E-state index in [4.69, 9.17) is 9.47 Å². The smallest absolute Gasteiger partial charge is 0.338 e. The summed E-state index contributed by atoms with van der Waals surface area (Å²) in [4.78, 5) is 16.9. The number of para-hydroxylation sites is 1. The second-order valence-corrected chi connectivity index (χ2v) is 9.13. The van der Waals surface area contributed by atoms with E-state index in [-0.39, 0.29) is 22.8 Å². The van der Waals surface area contributed by atoms with Gasteiger partial charge in [-0.2, -0.15) is 4.31 Å². The maximum atomic E-state index is 12.9. The number of ether oxygens (including phenoxy) is 2. The van der Waals surface area contributed by atoms with Gasteiger partial charge in [0, 0.05) is 13.1 Å². The standard InChI is InChI=1S/C20H22N2O5S2/c1-4-22(5-2)29(24,25)18-12-14(10-11-16(18)26-3)20(23)27-13-19-21-15-8-6-7-9-17(15)28-19/h6-12H,4-5,13H2,1-3H3. The Morgan fingerprint density at radius 3 is 2.52 bits per heavy atom. The van der Waals surface area contributed by atoms with Crippen LogP contribution >= 0.6 is 11.3 Å². The molecule has 0 saturated heterocycles. The summed E-state index contributed by atoms with van der Waals surface area (Å²) in [6.07, 6.45) is 0. The van der Waals surface area contributed by atoms with Crippen LogP contribution in [0.5, 0.6) is 5.75 Å². The number of rotatable bonds is 8. The van der Waals surface area contributed by atoms with E-state index in [1.807, 2.05) is 24.3 Å². The summed E-state index contributed by atoms with van der Waals surface area (Å²) in [5, 5.41) is 0.670. The molecule has 0 radical (unpaired) electrons. The van der Waals surface area contributed by atoms with Crippen molar-refractivity contribution in [2.45, 2.75) is 25.3 Å². The summed E-state index contributed by atoms with van der Waals surface area (Å²) in [6, 6.07) is 11.9. The Morgan fingerprint density at radius 2 is 1.86 bits per heavy atom. The van der Waals surface area contributed by atoms with Gasteiger partial charge in [0.05, 0.1) is 22.9 Å². The van der Waals surface area contributed by atoms with Crippen molar-refractivity contribution in [3.63, 3.8) is 0 Å². The third-order valence-electron chi connectivity index (χ3n) is 4.39. The van der Waals surface area contributed by atoms with Crippen molar-refractivity contribution >= 4 is 37.5 Å². The maximum absolute atomic E-state index is 12.9. The van der Waals surface area contributed by atoms with Crippen LogP contribution in [0.3, 0.4) is 0 Å². The molecule has 3 aromatic rings. The number of fused-ring (bicyclic) bond motifs is 1. The third kappa shape index (κ3) is 4.42.